The van der Waals surface area contributed by atoms with E-state index in [0.717, 1.165) is 11.8 Å². The van der Waals surface area contributed by atoms with Gasteiger partial charge in [-0.2, -0.15) is 0 Å². The van der Waals surface area contributed by atoms with Crippen LogP contribution in [0.4, 0.5) is 0 Å². The van der Waals surface area contributed by atoms with Crippen molar-refractivity contribution in [3.8, 4) is 0 Å². The molecule has 0 saturated heterocycles. The van der Waals surface area contributed by atoms with Gasteiger partial charge in [-0.25, -0.2) is 0 Å². The largest absolute Gasteiger partial charge is 0.0840 e. The maximum absolute atomic E-state index is 2.45. The Bertz CT molecular complexity index is 210. The van der Waals surface area contributed by atoms with Gasteiger partial charge in [0.05, 0.1) is 0 Å². The molecule has 0 saturated carbocycles. The second kappa shape index (κ2) is 3.47. The normalized spacial score (nSPS) is 34.2. The highest BCUT2D eigenvalue weighted by molar-refractivity contribution is 5.27. The summed E-state index contributed by atoms with van der Waals surface area (Å²) in [5.74, 6) is 1.86. The minimum Gasteiger partial charge on any atom is -0.0840 e. The average Bonchev–Trinajstić information content (AvgIpc) is 2.17. The number of allylic oxidation sites excluding steroid dienone is 4. The molecule has 0 heterocycles. The van der Waals surface area contributed by atoms with Gasteiger partial charge in [-0.1, -0.05) is 31.6 Å². The molecule has 2 aliphatic carbocycles. The van der Waals surface area contributed by atoms with E-state index in [1.54, 1.807) is 5.57 Å². The predicted molar refractivity (Wildman–Crippen MR) is 53.0 cm³/mol. The van der Waals surface area contributed by atoms with E-state index in [2.05, 4.69) is 25.2 Å². The van der Waals surface area contributed by atoms with E-state index in [4.69, 9.17) is 0 Å². The Morgan fingerprint density at radius 1 is 1.50 bits per heavy atom. The summed E-state index contributed by atoms with van der Waals surface area (Å²) in [5.41, 5.74) is 1.64. The first kappa shape index (κ1) is 8.10. The highest BCUT2D eigenvalue weighted by Gasteiger charge is 2.25. The van der Waals surface area contributed by atoms with Gasteiger partial charge in [0.15, 0.2) is 0 Å². The van der Waals surface area contributed by atoms with Crippen molar-refractivity contribution >= 4 is 0 Å². The minimum absolute atomic E-state index is 0.911. The second-order valence-electron chi connectivity index (χ2n) is 4.05. The standard InChI is InChI=1S/C12H18/c1-2-10-7-5-8-11-6-3-4-9-12(10)11/h5-6,8,10,12H,2-4,7,9H2,1H3/t10-,12+/m0/s1. The fourth-order valence-electron chi connectivity index (χ4n) is 2.62. The lowest BCUT2D eigenvalue weighted by atomic mass is 9.73. The average molecular weight is 162 g/mol. The van der Waals surface area contributed by atoms with Crippen molar-refractivity contribution < 1.29 is 0 Å². The van der Waals surface area contributed by atoms with Gasteiger partial charge in [0, 0.05) is 0 Å². The summed E-state index contributed by atoms with van der Waals surface area (Å²) in [6.07, 6.45) is 14.0. The molecular weight excluding hydrogens is 144 g/mol. The first-order valence-corrected chi connectivity index (χ1v) is 5.28. The van der Waals surface area contributed by atoms with E-state index in [1.807, 2.05) is 0 Å². The maximum Gasteiger partial charge on any atom is -0.0134 e. The molecule has 0 amide bonds. The Morgan fingerprint density at radius 3 is 3.25 bits per heavy atom. The van der Waals surface area contributed by atoms with Crippen molar-refractivity contribution in [1.29, 1.82) is 0 Å². The minimum atomic E-state index is 0.911. The molecule has 2 aliphatic rings. The lowest BCUT2D eigenvalue weighted by Gasteiger charge is -2.32. The first-order valence-electron chi connectivity index (χ1n) is 5.28. The van der Waals surface area contributed by atoms with Crippen molar-refractivity contribution in [1.82, 2.24) is 0 Å². The molecule has 0 bridgehead atoms. The van der Waals surface area contributed by atoms with Gasteiger partial charge in [0.25, 0.3) is 0 Å². The van der Waals surface area contributed by atoms with Crippen LogP contribution in [-0.2, 0) is 0 Å². The highest BCUT2D eigenvalue weighted by atomic mass is 14.3. The Balaban J connectivity index is 2.20. The molecule has 0 fully saturated rings. The summed E-state index contributed by atoms with van der Waals surface area (Å²) in [7, 11) is 0. The number of fused-ring (bicyclic) bond motifs is 1. The van der Waals surface area contributed by atoms with Gasteiger partial charge in [0.1, 0.15) is 0 Å². The van der Waals surface area contributed by atoms with E-state index in [9.17, 15) is 0 Å². The molecule has 12 heavy (non-hydrogen) atoms. The number of hydrogen-bond donors (Lipinski definition) is 0. The Morgan fingerprint density at radius 2 is 2.42 bits per heavy atom. The van der Waals surface area contributed by atoms with Gasteiger partial charge in [-0.05, 0) is 43.1 Å². The van der Waals surface area contributed by atoms with E-state index in [0.29, 0.717) is 0 Å². The van der Waals surface area contributed by atoms with Crippen LogP contribution in [-0.4, -0.2) is 0 Å². The molecular formula is C12H18. The molecule has 0 N–H and O–H groups in total. The third-order valence-electron chi connectivity index (χ3n) is 3.37. The van der Waals surface area contributed by atoms with Gasteiger partial charge < -0.3 is 0 Å². The lowest BCUT2D eigenvalue weighted by molar-refractivity contribution is 0.329. The molecule has 0 nitrogen and oxygen atoms in total. The van der Waals surface area contributed by atoms with Crippen LogP contribution >= 0.6 is 0 Å². The molecule has 2 atom stereocenters. The summed E-state index contributed by atoms with van der Waals surface area (Å²) in [5, 5.41) is 0. The molecule has 0 aromatic rings. The van der Waals surface area contributed by atoms with Crippen molar-refractivity contribution in [2.75, 3.05) is 0 Å². The third kappa shape index (κ3) is 1.35. The zero-order valence-electron chi connectivity index (χ0n) is 7.92. The van der Waals surface area contributed by atoms with Crippen molar-refractivity contribution in [2.45, 2.75) is 39.0 Å². The highest BCUT2D eigenvalue weighted by Crippen LogP contribution is 2.38. The predicted octanol–water partition coefficient (Wildman–Crippen LogP) is 3.70. The van der Waals surface area contributed by atoms with Crippen molar-refractivity contribution in [2.24, 2.45) is 11.8 Å². The summed E-state index contributed by atoms with van der Waals surface area (Å²) < 4.78 is 0. The summed E-state index contributed by atoms with van der Waals surface area (Å²) in [6, 6.07) is 0. The first-order chi connectivity index (χ1) is 5.92. The Labute approximate surface area is 75.4 Å². The molecule has 0 aromatic heterocycles. The van der Waals surface area contributed by atoms with Crippen LogP contribution in [0.25, 0.3) is 0 Å². The van der Waals surface area contributed by atoms with Gasteiger partial charge in [-0.3, -0.25) is 0 Å². The van der Waals surface area contributed by atoms with Crippen LogP contribution in [0.2, 0.25) is 0 Å². The van der Waals surface area contributed by atoms with Gasteiger partial charge >= 0.3 is 0 Å². The lowest BCUT2D eigenvalue weighted by Crippen LogP contribution is -2.20. The Hall–Kier alpha value is -0.520. The van der Waals surface area contributed by atoms with E-state index in [1.165, 1.54) is 32.1 Å². The molecule has 0 unspecified atom stereocenters. The molecule has 0 aliphatic heterocycles. The smallest absolute Gasteiger partial charge is 0.0134 e. The quantitative estimate of drug-likeness (QED) is 0.551. The third-order valence-corrected chi connectivity index (χ3v) is 3.37. The van der Waals surface area contributed by atoms with E-state index >= 15 is 0 Å². The molecule has 0 radical (unpaired) electrons. The molecule has 0 spiro atoms. The van der Waals surface area contributed by atoms with Gasteiger partial charge in [0.2, 0.25) is 0 Å². The second-order valence-corrected chi connectivity index (χ2v) is 4.05. The van der Waals surface area contributed by atoms with E-state index in [-0.39, 0.29) is 0 Å². The van der Waals surface area contributed by atoms with Crippen LogP contribution in [0.15, 0.2) is 23.8 Å². The summed E-state index contributed by atoms with van der Waals surface area (Å²) in [4.78, 5) is 0. The molecule has 2 rings (SSSR count). The van der Waals surface area contributed by atoms with Crippen molar-refractivity contribution in [3.05, 3.63) is 23.8 Å². The van der Waals surface area contributed by atoms with Crippen molar-refractivity contribution in [3.63, 3.8) is 0 Å². The zero-order valence-corrected chi connectivity index (χ0v) is 7.92. The fourth-order valence-corrected chi connectivity index (χ4v) is 2.62. The van der Waals surface area contributed by atoms with Crippen LogP contribution in [0.3, 0.4) is 0 Å². The molecule has 66 valence electrons. The van der Waals surface area contributed by atoms with Crippen LogP contribution in [0.1, 0.15) is 39.0 Å². The summed E-state index contributed by atoms with van der Waals surface area (Å²) in [6.45, 7) is 2.33. The topological polar surface area (TPSA) is 0 Å². The zero-order chi connectivity index (χ0) is 8.39. The Kier molecular flexibility index (Phi) is 2.34. The maximum atomic E-state index is 2.45. The van der Waals surface area contributed by atoms with Crippen LogP contribution in [0, 0.1) is 11.8 Å². The monoisotopic (exact) mass is 162 g/mol. The van der Waals surface area contributed by atoms with Gasteiger partial charge in [-0.15, -0.1) is 0 Å². The molecule has 0 heteroatoms. The van der Waals surface area contributed by atoms with Crippen LogP contribution < -0.4 is 0 Å². The summed E-state index contributed by atoms with van der Waals surface area (Å²) >= 11 is 0. The molecule has 0 aromatic carbocycles. The van der Waals surface area contributed by atoms with E-state index < -0.39 is 0 Å². The van der Waals surface area contributed by atoms with Crippen LogP contribution in [0.5, 0.6) is 0 Å². The number of rotatable bonds is 1. The SMILES string of the molecule is CC[C@H]1CC=CC2=CCCC[C@@H]21. The fraction of sp³-hybridized carbons (Fsp3) is 0.667. The number of hydrogen-bond acceptors (Lipinski definition) is 0.